The van der Waals surface area contributed by atoms with Gasteiger partial charge >= 0.3 is 5.97 Å². The largest absolute Gasteiger partial charge is 0.478 e. The molecule has 108 valence electrons. The number of rotatable bonds is 4. The van der Waals surface area contributed by atoms with Gasteiger partial charge in [0.2, 0.25) is 5.91 Å². The van der Waals surface area contributed by atoms with Gasteiger partial charge in [0, 0.05) is 12.7 Å². The molecule has 5 heteroatoms. The Hall–Kier alpha value is -2.33. The fourth-order valence-corrected chi connectivity index (χ4v) is 2.18. The maximum atomic E-state index is 12.3. The van der Waals surface area contributed by atoms with E-state index >= 15 is 0 Å². The summed E-state index contributed by atoms with van der Waals surface area (Å²) in [5.74, 6) is -1.28. The smallest absolute Gasteiger partial charge is 0.335 e. The van der Waals surface area contributed by atoms with Crippen LogP contribution in [0, 0.1) is 0 Å². The number of likely N-dealkylation sites (N-methyl/N-ethyl adjacent to an activating group) is 1. The Bertz CT molecular complexity index is 640. The van der Waals surface area contributed by atoms with E-state index in [0.29, 0.717) is 5.69 Å². The second-order valence-corrected chi connectivity index (χ2v) is 4.96. The van der Waals surface area contributed by atoms with Gasteiger partial charge in [0.05, 0.1) is 5.56 Å². The number of benzene rings is 2. The molecule has 0 radical (unpaired) electrons. The van der Waals surface area contributed by atoms with Gasteiger partial charge in [-0.3, -0.25) is 4.79 Å². The maximum Gasteiger partial charge on any atom is 0.335 e. The van der Waals surface area contributed by atoms with E-state index in [0.717, 1.165) is 5.56 Å². The van der Waals surface area contributed by atoms with E-state index in [-0.39, 0.29) is 11.5 Å². The molecule has 0 heterocycles. The third-order valence-electron chi connectivity index (χ3n) is 3.14. The molecule has 0 spiro atoms. The van der Waals surface area contributed by atoms with Crippen molar-refractivity contribution in [3.05, 3.63) is 65.7 Å². The van der Waals surface area contributed by atoms with Crippen molar-refractivity contribution in [2.24, 2.45) is 0 Å². The molecule has 0 fully saturated rings. The van der Waals surface area contributed by atoms with E-state index in [1.807, 2.05) is 18.2 Å². The first-order valence-electron chi connectivity index (χ1n) is 6.30. The molecule has 0 bridgehead atoms. The number of anilines is 1. The molecule has 1 amide bonds. The van der Waals surface area contributed by atoms with Crippen molar-refractivity contribution in [2.45, 2.75) is 5.38 Å². The molecule has 2 aromatic rings. The molecule has 2 aromatic carbocycles. The van der Waals surface area contributed by atoms with Gasteiger partial charge in [0.25, 0.3) is 0 Å². The number of carboxylic acids is 1. The summed E-state index contributed by atoms with van der Waals surface area (Å²) in [5.41, 5.74) is 1.48. The number of amides is 1. The first kappa shape index (κ1) is 15.1. The summed E-state index contributed by atoms with van der Waals surface area (Å²) in [6, 6.07) is 15.1. The summed E-state index contributed by atoms with van der Waals surface area (Å²) in [6.45, 7) is 0. The summed E-state index contributed by atoms with van der Waals surface area (Å²) in [4.78, 5) is 24.6. The molecule has 4 nitrogen and oxygen atoms in total. The summed E-state index contributed by atoms with van der Waals surface area (Å²) in [7, 11) is 1.61. The number of carbonyl (C=O) groups excluding carboxylic acids is 1. The highest BCUT2D eigenvalue weighted by Crippen LogP contribution is 2.25. The molecule has 21 heavy (non-hydrogen) atoms. The lowest BCUT2D eigenvalue weighted by molar-refractivity contribution is -0.118. The second kappa shape index (κ2) is 6.41. The number of carbonyl (C=O) groups is 2. The number of hydrogen-bond donors (Lipinski definition) is 1. The highest BCUT2D eigenvalue weighted by atomic mass is 35.5. The van der Waals surface area contributed by atoms with Gasteiger partial charge in [0.15, 0.2) is 0 Å². The molecule has 0 aliphatic heterocycles. The monoisotopic (exact) mass is 303 g/mol. The van der Waals surface area contributed by atoms with E-state index < -0.39 is 11.3 Å². The van der Waals surface area contributed by atoms with Crippen LogP contribution in [0.15, 0.2) is 54.6 Å². The van der Waals surface area contributed by atoms with Crippen molar-refractivity contribution in [1.29, 1.82) is 0 Å². The Morgan fingerprint density at radius 2 is 1.62 bits per heavy atom. The minimum absolute atomic E-state index is 0.171. The van der Waals surface area contributed by atoms with Crippen LogP contribution in [0.25, 0.3) is 0 Å². The first-order valence-corrected chi connectivity index (χ1v) is 6.74. The minimum Gasteiger partial charge on any atom is -0.478 e. The Labute approximate surface area is 127 Å². The van der Waals surface area contributed by atoms with Gasteiger partial charge in [-0.2, -0.15) is 0 Å². The number of alkyl halides is 1. The zero-order valence-corrected chi connectivity index (χ0v) is 12.1. The fourth-order valence-electron chi connectivity index (χ4n) is 1.89. The van der Waals surface area contributed by atoms with Crippen molar-refractivity contribution in [1.82, 2.24) is 0 Å². The van der Waals surface area contributed by atoms with Crippen LogP contribution in [-0.2, 0) is 4.79 Å². The molecule has 0 saturated carbocycles. The van der Waals surface area contributed by atoms with Crippen LogP contribution in [-0.4, -0.2) is 24.0 Å². The second-order valence-electron chi connectivity index (χ2n) is 4.52. The highest BCUT2D eigenvalue weighted by Gasteiger charge is 2.22. The average Bonchev–Trinajstić information content (AvgIpc) is 2.53. The lowest BCUT2D eigenvalue weighted by atomic mass is 10.1. The molecule has 0 saturated heterocycles. The normalized spacial score (nSPS) is 11.7. The van der Waals surface area contributed by atoms with Gasteiger partial charge in [-0.25, -0.2) is 4.79 Å². The van der Waals surface area contributed by atoms with Crippen LogP contribution in [0.1, 0.15) is 21.3 Å². The number of halogens is 1. The fraction of sp³-hybridized carbons (Fsp3) is 0.125. The van der Waals surface area contributed by atoms with Crippen molar-refractivity contribution in [3.8, 4) is 0 Å². The van der Waals surface area contributed by atoms with E-state index in [1.165, 1.54) is 17.0 Å². The number of carboxylic acid groups (broad SMARTS) is 1. The van der Waals surface area contributed by atoms with Crippen molar-refractivity contribution < 1.29 is 14.7 Å². The first-order chi connectivity index (χ1) is 10.0. The number of aromatic carboxylic acids is 1. The highest BCUT2D eigenvalue weighted by molar-refractivity contribution is 6.32. The van der Waals surface area contributed by atoms with Crippen LogP contribution in [0.2, 0.25) is 0 Å². The van der Waals surface area contributed by atoms with E-state index in [1.54, 1.807) is 31.3 Å². The lowest BCUT2D eigenvalue weighted by Gasteiger charge is -2.20. The zero-order chi connectivity index (χ0) is 15.4. The van der Waals surface area contributed by atoms with E-state index in [9.17, 15) is 9.59 Å². The van der Waals surface area contributed by atoms with Gasteiger partial charge in [0.1, 0.15) is 5.38 Å². The topological polar surface area (TPSA) is 57.6 Å². The maximum absolute atomic E-state index is 12.3. The Kier molecular flexibility index (Phi) is 4.60. The molecule has 0 aliphatic carbocycles. The van der Waals surface area contributed by atoms with Gasteiger partial charge in [-0.15, -0.1) is 11.6 Å². The SMILES string of the molecule is CN(C(=O)C(Cl)c1ccccc1)c1ccc(C(=O)O)cc1. The third kappa shape index (κ3) is 3.41. The Morgan fingerprint density at radius 1 is 1.05 bits per heavy atom. The molecular weight excluding hydrogens is 290 g/mol. The molecule has 0 aliphatic rings. The molecule has 1 unspecified atom stereocenters. The van der Waals surface area contributed by atoms with Crippen LogP contribution in [0.5, 0.6) is 0 Å². The third-order valence-corrected chi connectivity index (χ3v) is 3.58. The average molecular weight is 304 g/mol. The zero-order valence-electron chi connectivity index (χ0n) is 11.4. The van der Waals surface area contributed by atoms with Crippen molar-refractivity contribution >= 4 is 29.2 Å². The molecule has 1 N–H and O–H groups in total. The minimum atomic E-state index is -1.00. The summed E-state index contributed by atoms with van der Waals surface area (Å²) in [6.07, 6.45) is 0. The Morgan fingerprint density at radius 3 is 2.14 bits per heavy atom. The van der Waals surface area contributed by atoms with Gasteiger partial charge in [-0.1, -0.05) is 30.3 Å². The van der Waals surface area contributed by atoms with E-state index in [4.69, 9.17) is 16.7 Å². The molecule has 0 aromatic heterocycles. The van der Waals surface area contributed by atoms with Crippen LogP contribution < -0.4 is 4.90 Å². The Balaban J connectivity index is 2.17. The molecular formula is C16H14ClNO3. The van der Waals surface area contributed by atoms with Crippen molar-refractivity contribution in [2.75, 3.05) is 11.9 Å². The van der Waals surface area contributed by atoms with Gasteiger partial charge in [-0.05, 0) is 29.8 Å². The van der Waals surface area contributed by atoms with Gasteiger partial charge < -0.3 is 10.0 Å². The lowest BCUT2D eigenvalue weighted by Crippen LogP contribution is -2.29. The van der Waals surface area contributed by atoms with Crippen molar-refractivity contribution in [3.63, 3.8) is 0 Å². The predicted octanol–water partition coefficient (Wildman–Crippen LogP) is 3.33. The summed E-state index contributed by atoms with van der Waals surface area (Å²) < 4.78 is 0. The van der Waals surface area contributed by atoms with Crippen LogP contribution >= 0.6 is 11.6 Å². The van der Waals surface area contributed by atoms with Crippen LogP contribution in [0.3, 0.4) is 0 Å². The standard InChI is InChI=1S/C16H14ClNO3/c1-18(13-9-7-12(8-10-13)16(20)21)15(19)14(17)11-5-3-2-4-6-11/h2-10,14H,1H3,(H,20,21). The predicted molar refractivity (Wildman–Crippen MR) is 81.8 cm³/mol. The summed E-state index contributed by atoms with van der Waals surface area (Å²) >= 11 is 6.20. The quantitative estimate of drug-likeness (QED) is 0.881. The van der Waals surface area contributed by atoms with E-state index in [2.05, 4.69) is 0 Å². The number of hydrogen-bond acceptors (Lipinski definition) is 2. The van der Waals surface area contributed by atoms with Crippen LogP contribution in [0.4, 0.5) is 5.69 Å². The summed E-state index contributed by atoms with van der Waals surface area (Å²) in [5, 5.41) is 8.08. The molecule has 2 rings (SSSR count). The molecule has 1 atom stereocenters. The number of nitrogens with zero attached hydrogens (tertiary/aromatic N) is 1.